The highest BCUT2D eigenvalue weighted by atomic mass is 16.5. The number of furan rings is 1. The molecule has 0 aliphatic heterocycles. The molecular weight excluding hydrogens is 216 g/mol. The molecule has 0 aliphatic rings. The highest BCUT2D eigenvalue weighted by molar-refractivity contribution is 5.15. The second-order valence-electron chi connectivity index (χ2n) is 3.79. The first-order chi connectivity index (χ1) is 8.29. The van der Waals surface area contributed by atoms with Crippen molar-refractivity contribution >= 4 is 0 Å². The molecule has 2 heterocycles. The van der Waals surface area contributed by atoms with Gasteiger partial charge in [-0.2, -0.15) is 0 Å². The summed E-state index contributed by atoms with van der Waals surface area (Å²) in [6.45, 7) is 2.73. The largest absolute Gasteiger partial charge is 0.481 e. The number of ether oxygens (including phenoxy) is 1. The molecule has 0 radical (unpaired) electrons. The molecule has 0 spiro atoms. The Balaban J connectivity index is 1.93. The van der Waals surface area contributed by atoms with Crippen molar-refractivity contribution < 1.29 is 9.15 Å². The maximum Gasteiger partial charge on any atom is 0.213 e. The van der Waals surface area contributed by atoms with Gasteiger partial charge in [0.1, 0.15) is 5.76 Å². The fraction of sp³-hybridized carbons (Fsp3) is 0.308. The van der Waals surface area contributed by atoms with E-state index in [1.165, 1.54) is 0 Å². The number of nitrogens with zero attached hydrogens (tertiary/aromatic N) is 1. The Morgan fingerprint density at radius 2 is 2.24 bits per heavy atom. The van der Waals surface area contributed by atoms with Gasteiger partial charge in [-0.15, -0.1) is 0 Å². The van der Waals surface area contributed by atoms with E-state index in [9.17, 15) is 0 Å². The van der Waals surface area contributed by atoms with Crippen LogP contribution in [-0.4, -0.2) is 12.1 Å². The van der Waals surface area contributed by atoms with Gasteiger partial charge in [0.05, 0.1) is 25.1 Å². The molecule has 2 aromatic heterocycles. The Hall–Kier alpha value is -1.81. The van der Waals surface area contributed by atoms with Crippen LogP contribution in [0.2, 0.25) is 0 Å². The maximum atomic E-state index is 5.32. The lowest BCUT2D eigenvalue weighted by Gasteiger charge is -2.11. The highest BCUT2D eigenvalue weighted by Gasteiger charge is 2.07. The van der Waals surface area contributed by atoms with E-state index in [1.54, 1.807) is 13.4 Å². The van der Waals surface area contributed by atoms with Crippen LogP contribution in [0, 0.1) is 0 Å². The predicted molar refractivity (Wildman–Crippen MR) is 64.8 cm³/mol. The molecule has 2 aromatic rings. The molecule has 1 N–H and O–H groups in total. The fourth-order valence-electron chi connectivity index (χ4n) is 1.57. The van der Waals surface area contributed by atoms with E-state index in [1.807, 2.05) is 30.3 Å². The Morgan fingerprint density at radius 1 is 1.35 bits per heavy atom. The van der Waals surface area contributed by atoms with E-state index < -0.39 is 0 Å². The summed E-state index contributed by atoms with van der Waals surface area (Å²) in [5.41, 5.74) is 0.947. The second-order valence-corrected chi connectivity index (χ2v) is 3.79. The summed E-state index contributed by atoms with van der Waals surface area (Å²) in [5, 5.41) is 3.34. The summed E-state index contributed by atoms with van der Waals surface area (Å²) in [4.78, 5) is 4.33. The first-order valence-electron chi connectivity index (χ1n) is 5.56. The lowest BCUT2D eigenvalue weighted by molar-refractivity contribution is 0.393. The van der Waals surface area contributed by atoms with E-state index in [0.717, 1.165) is 11.5 Å². The van der Waals surface area contributed by atoms with Crippen LogP contribution in [0.15, 0.2) is 41.0 Å². The lowest BCUT2D eigenvalue weighted by Crippen LogP contribution is -2.18. The fourth-order valence-corrected chi connectivity index (χ4v) is 1.57. The molecule has 1 atom stereocenters. The van der Waals surface area contributed by atoms with Gasteiger partial charge in [0.15, 0.2) is 0 Å². The van der Waals surface area contributed by atoms with Gasteiger partial charge in [-0.25, -0.2) is 4.98 Å². The molecule has 0 aliphatic carbocycles. The van der Waals surface area contributed by atoms with Crippen molar-refractivity contribution in [3.05, 3.63) is 48.0 Å². The van der Waals surface area contributed by atoms with Gasteiger partial charge in [-0.1, -0.05) is 6.07 Å². The molecule has 0 saturated heterocycles. The van der Waals surface area contributed by atoms with Crippen molar-refractivity contribution in [2.75, 3.05) is 7.11 Å². The van der Waals surface area contributed by atoms with E-state index in [-0.39, 0.29) is 6.04 Å². The average Bonchev–Trinajstić information content (AvgIpc) is 2.90. The number of hydrogen-bond donors (Lipinski definition) is 1. The minimum absolute atomic E-state index is 0.165. The lowest BCUT2D eigenvalue weighted by atomic mass is 10.2. The van der Waals surface area contributed by atoms with Gasteiger partial charge in [-0.3, -0.25) is 0 Å². The molecule has 0 aromatic carbocycles. The number of pyridine rings is 1. The predicted octanol–water partition coefficient (Wildman–Crippen LogP) is 2.53. The molecular formula is C13H16N2O2. The Kier molecular flexibility index (Phi) is 3.77. The second kappa shape index (κ2) is 5.50. The molecule has 2 rings (SSSR count). The maximum absolute atomic E-state index is 5.32. The number of rotatable bonds is 5. The third kappa shape index (κ3) is 3.07. The van der Waals surface area contributed by atoms with Gasteiger partial charge in [0, 0.05) is 12.6 Å². The zero-order valence-corrected chi connectivity index (χ0v) is 10.0. The van der Waals surface area contributed by atoms with E-state index in [4.69, 9.17) is 9.15 Å². The zero-order chi connectivity index (χ0) is 12.1. The monoisotopic (exact) mass is 232 g/mol. The minimum Gasteiger partial charge on any atom is -0.481 e. The smallest absolute Gasteiger partial charge is 0.213 e. The third-order valence-corrected chi connectivity index (χ3v) is 2.55. The van der Waals surface area contributed by atoms with Gasteiger partial charge in [-0.05, 0) is 25.1 Å². The van der Waals surface area contributed by atoms with Crippen molar-refractivity contribution in [2.45, 2.75) is 19.5 Å². The van der Waals surface area contributed by atoms with Crippen molar-refractivity contribution in [1.82, 2.24) is 10.3 Å². The third-order valence-electron chi connectivity index (χ3n) is 2.55. The van der Waals surface area contributed by atoms with Crippen LogP contribution in [0.5, 0.6) is 5.88 Å². The Bertz CT molecular complexity index is 454. The summed E-state index contributed by atoms with van der Waals surface area (Å²) >= 11 is 0. The summed E-state index contributed by atoms with van der Waals surface area (Å²) in [6.07, 6.45) is 1.68. The Morgan fingerprint density at radius 3 is 2.94 bits per heavy atom. The summed E-state index contributed by atoms with van der Waals surface area (Å²) in [5.74, 6) is 1.56. The molecule has 17 heavy (non-hydrogen) atoms. The number of hydrogen-bond acceptors (Lipinski definition) is 4. The first-order valence-corrected chi connectivity index (χ1v) is 5.56. The van der Waals surface area contributed by atoms with E-state index in [2.05, 4.69) is 17.2 Å². The molecule has 4 nitrogen and oxygen atoms in total. The number of nitrogens with one attached hydrogen (secondary N) is 1. The Labute approximate surface area is 101 Å². The van der Waals surface area contributed by atoms with E-state index >= 15 is 0 Å². The van der Waals surface area contributed by atoms with Crippen LogP contribution in [0.4, 0.5) is 0 Å². The van der Waals surface area contributed by atoms with Crippen molar-refractivity contribution in [3.8, 4) is 5.88 Å². The molecule has 0 saturated carbocycles. The summed E-state index contributed by atoms with van der Waals surface area (Å²) < 4.78 is 10.4. The molecule has 0 fully saturated rings. The van der Waals surface area contributed by atoms with Gasteiger partial charge in [0.25, 0.3) is 0 Å². The molecule has 4 heteroatoms. The number of aromatic nitrogens is 1. The van der Waals surface area contributed by atoms with Gasteiger partial charge < -0.3 is 14.5 Å². The average molecular weight is 232 g/mol. The van der Waals surface area contributed by atoms with Crippen LogP contribution in [0.3, 0.4) is 0 Å². The van der Waals surface area contributed by atoms with Crippen LogP contribution >= 0.6 is 0 Å². The van der Waals surface area contributed by atoms with Crippen molar-refractivity contribution in [3.63, 3.8) is 0 Å². The zero-order valence-electron chi connectivity index (χ0n) is 10.0. The van der Waals surface area contributed by atoms with Crippen molar-refractivity contribution in [1.29, 1.82) is 0 Å². The molecule has 90 valence electrons. The quantitative estimate of drug-likeness (QED) is 0.860. The molecule has 0 unspecified atom stereocenters. The standard InChI is InChI=1S/C13H16N2O2/c1-10(12-6-4-8-17-12)14-9-11-5-3-7-13(15-11)16-2/h3-8,10,14H,9H2,1-2H3/t10-/m0/s1. The minimum atomic E-state index is 0.165. The topological polar surface area (TPSA) is 47.3 Å². The normalized spacial score (nSPS) is 12.4. The van der Waals surface area contributed by atoms with Crippen LogP contribution in [0.1, 0.15) is 24.4 Å². The van der Waals surface area contributed by atoms with Crippen LogP contribution in [0.25, 0.3) is 0 Å². The first kappa shape index (κ1) is 11.7. The van der Waals surface area contributed by atoms with E-state index in [0.29, 0.717) is 12.4 Å². The van der Waals surface area contributed by atoms with Gasteiger partial charge >= 0.3 is 0 Å². The van der Waals surface area contributed by atoms with Crippen LogP contribution < -0.4 is 10.1 Å². The SMILES string of the molecule is COc1cccc(CN[C@@H](C)c2ccco2)n1. The highest BCUT2D eigenvalue weighted by Crippen LogP contribution is 2.13. The molecule has 0 bridgehead atoms. The van der Waals surface area contributed by atoms with Crippen LogP contribution in [-0.2, 0) is 6.54 Å². The summed E-state index contributed by atoms with van der Waals surface area (Å²) in [6, 6.07) is 9.73. The van der Waals surface area contributed by atoms with Gasteiger partial charge in [0.2, 0.25) is 5.88 Å². The summed E-state index contributed by atoms with van der Waals surface area (Å²) in [7, 11) is 1.62. The number of methoxy groups -OCH3 is 1. The molecule has 0 amide bonds. The van der Waals surface area contributed by atoms with Crippen molar-refractivity contribution in [2.24, 2.45) is 0 Å².